The molecular weight excluding hydrogens is 415 g/mol. The van der Waals surface area contributed by atoms with Crippen LogP contribution in [0.25, 0.3) is 0 Å². The Morgan fingerprint density at radius 1 is 1.13 bits per heavy atom. The summed E-state index contributed by atoms with van der Waals surface area (Å²) >= 11 is 0. The van der Waals surface area contributed by atoms with Crippen molar-refractivity contribution in [3.05, 3.63) is 35.9 Å². The first-order valence-corrected chi connectivity index (χ1v) is 12.1. The maximum atomic E-state index is 13.4. The van der Waals surface area contributed by atoms with Crippen LogP contribution in [0.2, 0.25) is 0 Å². The van der Waals surface area contributed by atoms with Gasteiger partial charge in [0.05, 0.1) is 5.75 Å². The zero-order valence-electron chi connectivity index (χ0n) is 17.5. The van der Waals surface area contributed by atoms with Crippen molar-refractivity contribution in [1.82, 2.24) is 4.31 Å². The van der Waals surface area contributed by atoms with Crippen LogP contribution in [0.15, 0.2) is 30.3 Å². The second-order valence-electron chi connectivity index (χ2n) is 9.31. The quantitative estimate of drug-likeness (QED) is 0.506. The molecule has 2 bridgehead atoms. The highest BCUT2D eigenvalue weighted by molar-refractivity contribution is 7.89. The summed E-state index contributed by atoms with van der Waals surface area (Å²) in [6, 6.07) is 9.02. The number of ketones is 1. The lowest BCUT2D eigenvalue weighted by Crippen LogP contribution is -2.46. The minimum atomic E-state index is -4.25. The largest absolute Gasteiger partial charge is 0.389 e. The number of alkyl halides is 3. The van der Waals surface area contributed by atoms with Crippen molar-refractivity contribution in [3.8, 4) is 0 Å². The molecule has 168 valence electrons. The van der Waals surface area contributed by atoms with Gasteiger partial charge in [0.2, 0.25) is 10.0 Å². The number of Topliss-reactive ketones (excluding diaryl/α,β-unsaturated/α-hetero) is 1. The van der Waals surface area contributed by atoms with Crippen molar-refractivity contribution < 1.29 is 26.4 Å². The molecule has 0 spiro atoms. The number of nitrogens with zero attached hydrogens (tertiary/aromatic N) is 1. The van der Waals surface area contributed by atoms with Gasteiger partial charge in [-0.1, -0.05) is 44.2 Å². The Labute approximate surface area is 176 Å². The Morgan fingerprint density at radius 2 is 1.80 bits per heavy atom. The van der Waals surface area contributed by atoms with E-state index in [1.165, 1.54) is 4.31 Å². The molecule has 0 radical (unpaired) electrons. The maximum Gasteiger partial charge on any atom is 0.389 e. The van der Waals surface area contributed by atoms with E-state index in [4.69, 9.17) is 0 Å². The number of unbranched alkanes of at least 4 members (excludes halogenated alkanes) is 1. The number of fused-ring (bicyclic) bond motifs is 2. The molecule has 2 saturated carbocycles. The summed E-state index contributed by atoms with van der Waals surface area (Å²) in [6.07, 6.45) is -3.34. The molecule has 1 aromatic carbocycles. The highest BCUT2D eigenvalue weighted by Gasteiger charge is 2.65. The minimum Gasteiger partial charge on any atom is -0.299 e. The zero-order valence-corrected chi connectivity index (χ0v) is 18.4. The lowest BCUT2D eigenvalue weighted by Gasteiger charge is -2.37. The molecule has 0 amide bonds. The van der Waals surface area contributed by atoms with Gasteiger partial charge in [0, 0.05) is 31.3 Å². The number of carbonyl (C=O) groups is 1. The van der Waals surface area contributed by atoms with Gasteiger partial charge in [-0.3, -0.25) is 4.79 Å². The third-order valence-corrected chi connectivity index (χ3v) is 9.24. The van der Waals surface area contributed by atoms with Crippen molar-refractivity contribution in [2.24, 2.45) is 16.7 Å². The van der Waals surface area contributed by atoms with E-state index in [1.807, 2.05) is 19.9 Å². The van der Waals surface area contributed by atoms with Crippen LogP contribution in [0.5, 0.6) is 0 Å². The van der Waals surface area contributed by atoms with Crippen molar-refractivity contribution in [1.29, 1.82) is 0 Å². The first-order valence-electron chi connectivity index (χ1n) is 10.5. The standard InChI is InChI=1S/C22H30F3NO3S/c1-20(2)18-10-12-21(20,19(27)14-18)16-30(28,29)26(13-7-6-11-22(23,24)25)15-17-8-4-3-5-9-17/h3-5,8-9,18H,6-7,10-16H2,1-2H3. The fourth-order valence-electron chi connectivity index (χ4n) is 5.23. The molecular formula is C22H30F3NO3S. The Hall–Kier alpha value is -1.41. The second kappa shape index (κ2) is 8.26. The molecule has 3 rings (SSSR count). The lowest BCUT2D eigenvalue weighted by molar-refractivity contribution is -0.135. The fraction of sp³-hybridized carbons (Fsp3) is 0.682. The third-order valence-electron chi connectivity index (χ3n) is 7.28. The van der Waals surface area contributed by atoms with Gasteiger partial charge in [-0.15, -0.1) is 0 Å². The molecule has 0 heterocycles. The van der Waals surface area contributed by atoms with Crippen molar-refractivity contribution in [2.45, 2.75) is 65.1 Å². The van der Waals surface area contributed by atoms with Gasteiger partial charge in [-0.05, 0) is 42.6 Å². The summed E-state index contributed by atoms with van der Waals surface area (Å²) in [5.74, 6) is -0.0346. The summed E-state index contributed by atoms with van der Waals surface area (Å²) in [7, 11) is -3.84. The molecule has 2 aliphatic rings. The number of hydrogen-bond donors (Lipinski definition) is 0. The summed E-state index contributed by atoms with van der Waals surface area (Å²) < 4.78 is 65.7. The monoisotopic (exact) mass is 445 g/mol. The topological polar surface area (TPSA) is 54.5 Å². The average Bonchev–Trinajstić information content (AvgIpc) is 2.98. The highest BCUT2D eigenvalue weighted by Crippen LogP contribution is 2.64. The van der Waals surface area contributed by atoms with Gasteiger partial charge in [-0.25, -0.2) is 8.42 Å². The zero-order chi connectivity index (χ0) is 22.2. The molecule has 2 atom stereocenters. The van der Waals surface area contributed by atoms with Gasteiger partial charge in [-0.2, -0.15) is 17.5 Å². The van der Waals surface area contributed by atoms with E-state index in [1.54, 1.807) is 24.3 Å². The third kappa shape index (κ3) is 4.59. The summed E-state index contributed by atoms with van der Waals surface area (Å²) in [5, 5.41) is 0. The fourth-order valence-corrected chi connectivity index (χ4v) is 7.46. The van der Waals surface area contributed by atoms with E-state index in [0.29, 0.717) is 12.8 Å². The van der Waals surface area contributed by atoms with Crippen LogP contribution in [0.4, 0.5) is 13.2 Å². The van der Waals surface area contributed by atoms with E-state index >= 15 is 0 Å². The summed E-state index contributed by atoms with van der Waals surface area (Å²) in [5.41, 5.74) is -0.501. The van der Waals surface area contributed by atoms with E-state index in [9.17, 15) is 26.4 Å². The van der Waals surface area contributed by atoms with Crippen LogP contribution in [-0.4, -0.2) is 37.0 Å². The molecule has 0 aromatic heterocycles. The smallest absolute Gasteiger partial charge is 0.299 e. The van der Waals surface area contributed by atoms with E-state index < -0.39 is 28.0 Å². The molecule has 30 heavy (non-hydrogen) atoms. The lowest BCUT2D eigenvalue weighted by atomic mass is 9.70. The van der Waals surface area contributed by atoms with Crippen LogP contribution >= 0.6 is 0 Å². The Kier molecular flexibility index (Phi) is 6.41. The van der Waals surface area contributed by atoms with Crippen LogP contribution in [-0.2, 0) is 21.4 Å². The average molecular weight is 446 g/mol. The molecule has 0 saturated heterocycles. The molecule has 0 N–H and O–H groups in total. The van der Waals surface area contributed by atoms with E-state index in [0.717, 1.165) is 12.0 Å². The van der Waals surface area contributed by atoms with Gasteiger partial charge < -0.3 is 0 Å². The minimum absolute atomic E-state index is 0.0153. The van der Waals surface area contributed by atoms with Crippen LogP contribution in [0.3, 0.4) is 0 Å². The Balaban J connectivity index is 1.79. The Morgan fingerprint density at radius 3 is 2.33 bits per heavy atom. The molecule has 8 heteroatoms. The predicted octanol–water partition coefficient (Wildman–Crippen LogP) is 4.95. The normalized spacial score (nSPS) is 25.9. The predicted molar refractivity (Wildman–Crippen MR) is 109 cm³/mol. The number of sulfonamides is 1. The molecule has 2 fully saturated rings. The molecule has 1 aromatic rings. The second-order valence-corrected chi connectivity index (χ2v) is 11.3. The number of rotatable bonds is 9. The summed E-state index contributed by atoms with van der Waals surface area (Å²) in [6.45, 7) is 4.08. The molecule has 2 unspecified atom stereocenters. The number of halogens is 3. The maximum absolute atomic E-state index is 13.4. The summed E-state index contributed by atoms with van der Waals surface area (Å²) in [4.78, 5) is 12.8. The SMILES string of the molecule is CC1(C)C2CCC1(CS(=O)(=O)N(CCCCC(F)(F)F)Cc1ccccc1)C(=O)C2. The van der Waals surface area contributed by atoms with E-state index in [-0.39, 0.29) is 48.8 Å². The van der Waals surface area contributed by atoms with Gasteiger partial charge >= 0.3 is 6.18 Å². The van der Waals surface area contributed by atoms with Crippen LogP contribution in [0.1, 0.15) is 57.9 Å². The number of hydrogen-bond acceptors (Lipinski definition) is 3. The highest BCUT2D eigenvalue weighted by atomic mass is 32.2. The first kappa shape index (κ1) is 23.3. The number of carbonyl (C=O) groups excluding carboxylic acids is 1. The number of benzene rings is 1. The molecule has 0 aliphatic heterocycles. The van der Waals surface area contributed by atoms with Crippen molar-refractivity contribution in [3.63, 3.8) is 0 Å². The molecule has 2 aliphatic carbocycles. The van der Waals surface area contributed by atoms with Crippen LogP contribution < -0.4 is 0 Å². The van der Waals surface area contributed by atoms with Crippen LogP contribution in [0, 0.1) is 16.7 Å². The van der Waals surface area contributed by atoms with Crippen molar-refractivity contribution in [2.75, 3.05) is 12.3 Å². The van der Waals surface area contributed by atoms with Gasteiger partial charge in [0.15, 0.2) is 0 Å². The Bertz CT molecular complexity index is 867. The van der Waals surface area contributed by atoms with Gasteiger partial charge in [0.25, 0.3) is 0 Å². The van der Waals surface area contributed by atoms with Gasteiger partial charge in [0.1, 0.15) is 5.78 Å². The first-order chi connectivity index (χ1) is 13.9. The molecule has 4 nitrogen and oxygen atoms in total. The van der Waals surface area contributed by atoms with E-state index in [2.05, 4.69) is 0 Å². The van der Waals surface area contributed by atoms with Crippen molar-refractivity contribution >= 4 is 15.8 Å².